The number of aliphatic imine (C=N–C) groups is 1. The molecule has 37 heavy (non-hydrogen) atoms. The molecule has 1 aliphatic rings. The van der Waals surface area contributed by atoms with Crippen LogP contribution in [0.4, 0.5) is 0 Å². The first-order valence-electron chi connectivity index (χ1n) is 12.1. The summed E-state index contributed by atoms with van der Waals surface area (Å²) in [4.78, 5) is 16.9. The van der Waals surface area contributed by atoms with Crippen LogP contribution < -0.4 is 9.47 Å². The monoisotopic (exact) mass is 489 g/mol. The SMILES string of the molecule is Cc1ccccc1COc1ccc(/C=C2/N=C(c3ccccc3)OC2=O)cc1OCc1ccccc1C. The minimum absolute atomic E-state index is 0.234. The van der Waals surface area contributed by atoms with Crippen molar-refractivity contribution in [2.75, 3.05) is 0 Å². The summed E-state index contributed by atoms with van der Waals surface area (Å²) in [6.07, 6.45) is 1.70. The summed E-state index contributed by atoms with van der Waals surface area (Å²) in [5.41, 5.74) is 6.26. The van der Waals surface area contributed by atoms with Gasteiger partial charge in [0.2, 0.25) is 5.90 Å². The van der Waals surface area contributed by atoms with Crippen molar-refractivity contribution in [2.24, 2.45) is 4.99 Å². The lowest BCUT2D eigenvalue weighted by Gasteiger charge is -2.15. The predicted molar refractivity (Wildman–Crippen MR) is 145 cm³/mol. The third-order valence-corrected chi connectivity index (χ3v) is 6.20. The second-order valence-corrected chi connectivity index (χ2v) is 8.84. The van der Waals surface area contributed by atoms with E-state index >= 15 is 0 Å². The van der Waals surface area contributed by atoms with E-state index in [0.717, 1.165) is 33.4 Å². The average molecular weight is 490 g/mol. The quantitative estimate of drug-likeness (QED) is 0.202. The molecule has 0 amide bonds. The maximum atomic E-state index is 12.5. The van der Waals surface area contributed by atoms with Crippen molar-refractivity contribution < 1.29 is 19.0 Å². The van der Waals surface area contributed by atoms with Crippen LogP contribution in [0.2, 0.25) is 0 Å². The van der Waals surface area contributed by atoms with Gasteiger partial charge in [0.1, 0.15) is 13.2 Å². The molecule has 0 atom stereocenters. The van der Waals surface area contributed by atoms with Gasteiger partial charge in [-0.15, -0.1) is 0 Å². The Hall–Kier alpha value is -4.64. The second-order valence-electron chi connectivity index (χ2n) is 8.84. The number of esters is 1. The van der Waals surface area contributed by atoms with Crippen molar-refractivity contribution in [2.45, 2.75) is 27.1 Å². The first-order valence-corrected chi connectivity index (χ1v) is 12.1. The lowest BCUT2D eigenvalue weighted by Crippen LogP contribution is -2.05. The summed E-state index contributed by atoms with van der Waals surface area (Å²) in [6, 6.07) is 31.2. The summed E-state index contributed by atoms with van der Waals surface area (Å²) < 4.78 is 17.8. The molecule has 1 heterocycles. The van der Waals surface area contributed by atoms with E-state index in [1.54, 1.807) is 6.08 Å². The Morgan fingerprint density at radius 2 is 1.32 bits per heavy atom. The minimum atomic E-state index is -0.485. The van der Waals surface area contributed by atoms with Crippen LogP contribution in [-0.2, 0) is 22.7 Å². The van der Waals surface area contributed by atoms with Crippen LogP contribution in [0.1, 0.15) is 33.4 Å². The largest absolute Gasteiger partial charge is 0.485 e. The lowest BCUT2D eigenvalue weighted by molar-refractivity contribution is -0.129. The highest BCUT2D eigenvalue weighted by Gasteiger charge is 2.24. The van der Waals surface area contributed by atoms with E-state index < -0.39 is 5.97 Å². The van der Waals surface area contributed by atoms with Gasteiger partial charge in [0, 0.05) is 5.56 Å². The van der Waals surface area contributed by atoms with Crippen molar-refractivity contribution in [1.82, 2.24) is 0 Å². The Bertz CT molecular complexity index is 1490. The summed E-state index contributed by atoms with van der Waals surface area (Å²) in [7, 11) is 0. The van der Waals surface area contributed by atoms with Gasteiger partial charge >= 0.3 is 5.97 Å². The van der Waals surface area contributed by atoms with Crippen molar-refractivity contribution in [3.05, 3.63) is 136 Å². The highest BCUT2D eigenvalue weighted by Crippen LogP contribution is 2.32. The number of ether oxygens (including phenoxy) is 3. The fraction of sp³-hybridized carbons (Fsp3) is 0.125. The molecule has 0 radical (unpaired) electrons. The second kappa shape index (κ2) is 11.0. The molecule has 4 aromatic rings. The van der Waals surface area contributed by atoms with Gasteiger partial charge in [-0.1, -0.05) is 72.8 Å². The van der Waals surface area contributed by atoms with Crippen molar-refractivity contribution in [3.8, 4) is 11.5 Å². The van der Waals surface area contributed by atoms with Gasteiger partial charge in [-0.3, -0.25) is 0 Å². The number of carbonyl (C=O) groups is 1. The molecule has 0 N–H and O–H groups in total. The summed E-state index contributed by atoms with van der Waals surface area (Å²) in [5, 5.41) is 0. The molecule has 0 spiro atoms. The Kier molecular flexibility index (Phi) is 7.13. The number of nitrogens with zero attached hydrogens (tertiary/aromatic N) is 1. The average Bonchev–Trinajstić information content (AvgIpc) is 3.29. The summed E-state index contributed by atoms with van der Waals surface area (Å²) >= 11 is 0. The zero-order chi connectivity index (χ0) is 25.6. The Morgan fingerprint density at radius 1 is 0.730 bits per heavy atom. The van der Waals surface area contributed by atoms with E-state index in [1.165, 1.54) is 0 Å². The molecule has 5 heteroatoms. The number of hydrogen-bond donors (Lipinski definition) is 0. The molecule has 0 saturated carbocycles. The van der Waals surface area contributed by atoms with Gasteiger partial charge < -0.3 is 14.2 Å². The molecular formula is C32H27NO4. The third kappa shape index (κ3) is 5.78. The van der Waals surface area contributed by atoms with Gasteiger partial charge in [0.15, 0.2) is 17.2 Å². The number of cyclic esters (lactones) is 1. The first kappa shape index (κ1) is 24.1. The number of hydrogen-bond acceptors (Lipinski definition) is 5. The fourth-order valence-corrected chi connectivity index (χ4v) is 3.97. The van der Waals surface area contributed by atoms with Crippen LogP contribution in [0.15, 0.2) is 108 Å². The zero-order valence-electron chi connectivity index (χ0n) is 20.8. The molecule has 0 unspecified atom stereocenters. The molecule has 5 nitrogen and oxygen atoms in total. The van der Waals surface area contributed by atoms with Crippen LogP contribution in [-0.4, -0.2) is 11.9 Å². The highest BCUT2D eigenvalue weighted by atomic mass is 16.6. The van der Waals surface area contributed by atoms with Crippen molar-refractivity contribution in [1.29, 1.82) is 0 Å². The molecule has 0 fully saturated rings. The van der Waals surface area contributed by atoms with Gasteiger partial charge in [-0.25, -0.2) is 9.79 Å². The third-order valence-electron chi connectivity index (χ3n) is 6.20. The minimum Gasteiger partial charge on any atom is -0.485 e. The van der Waals surface area contributed by atoms with Gasteiger partial charge in [-0.2, -0.15) is 0 Å². The molecule has 0 aliphatic carbocycles. The van der Waals surface area contributed by atoms with Crippen LogP contribution in [0.25, 0.3) is 6.08 Å². The molecular weight excluding hydrogens is 462 g/mol. The van der Waals surface area contributed by atoms with E-state index in [0.29, 0.717) is 30.6 Å². The van der Waals surface area contributed by atoms with Gasteiger partial charge in [-0.05, 0) is 72.0 Å². The Labute approximate surface area is 216 Å². The predicted octanol–water partition coefficient (Wildman–Crippen LogP) is 6.81. The van der Waals surface area contributed by atoms with E-state index in [9.17, 15) is 4.79 Å². The smallest absolute Gasteiger partial charge is 0.363 e. The van der Waals surface area contributed by atoms with Crippen molar-refractivity contribution >= 4 is 17.9 Å². The van der Waals surface area contributed by atoms with E-state index in [-0.39, 0.29) is 5.70 Å². The fourth-order valence-electron chi connectivity index (χ4n) is 3.97. The Morgan fingerprint density at radius 3 is 1.97 bits per heavy atom. The lowest BCUT2D eigenvalue weighted by atomic mass is 10.1. The van der Waals surface area contributed by atoms with Gasteiger partial charge in [0.05, 0.1) is 0 Å². The van der Waals surface area contributed by atoms with Crippen LogP contribution in [0, 0.1) is 13.8 Å². The molecule has 5 rings (SSSR count). The zero-order valence-corrected chi connectivity index (χ0v) is 20.8. The van der Waals surface area contributed by atoms with E-state index in [2.05, 4.69) is 37.0 Å². The number of carbonyl (C=O) groups excluding carboxylic acids is 1. The number of aryl methyl sites for hydroxylation is 2. The van der Waals surface area contributed by atoms with Crippen molar-refractivity contribution in [3.63, 3.8) is 0 Å². The highest BCUT2D eigenvalue weighted by molar-refractivity contribution is 6.12. The molecule has 184 valence electrons. The summed E-state index contributed by atoms with van der Waals surface area (Å²) in [6.45, 7) is 4.94. The Balaban J connectivity index is 1.42. The van der Waals surface area contributed by atoms with Crippen LogP contribution in [0.3, 0.4) is 0 Å². The summed E-state index contributed by atoms with van der Waals surface area (Å²) in [5.74, 6) is 1.03. The number of benzene rings is 4. The standard InChI is InChI=1S/C32H27NO4/c1-22-10-6-8-14-26(22)20-35-29-17-16-24(19-30(29)36-21-27-15-9-7-11-23(27)2)18-28-32(34)37-31(33-28)25-12-4-3-5-13-25/h3-19H,20-21H2,1-2H3/b28-18+. The number of rotatable bonds is 8. The maximum Gasteiger partial charge on any atom is 0.363 e. The van der Waals surface area contributed by atoms with Gasteiger partial charge in [0.25, 0.3) is 0 Å². The molecule has 4 aromatic carbocycles. The molecule has 0 aromatic heterocycles. The molecule has 0 saturated heterocycles. The topological polar surface area (TPSA) is 57.1 Å². The van der Waals surface area contributed by atoms with Crippen LogP contribution >= 0.6 is 0 Å². The van der Waals surface area contributed by atoms with E-state index in [4.69, 9.17) is 14.2 Å². The molecule has 1 aliphatic heterocycles. The van der Waals surface area contributed by atoms with E-state index in [1.807, 2.05) is 78.9 Å². The maximum absolute atomic E-state index is 12.5. The van der Waals surface area contributed by atoms with Crippen LogP contribution in [0.5, 0.6) is 11.5 Å². The normalized spacial score (nSPS) is 13.8. The molecule has 0 bridgehead atoms. The first-order chi connectivity index (χ1) is 18.1.